The smallest absolute Gasteiger partial charge is 0.231 e. The summed E-state index contributed by atoms with van der Waals surface area (Å²) in [5.74, 6) is 0.940. The summed E-state index contributed by atoms with van der Waals surface area (Å²) >= 11 is 24.2. The van der Waals surface area contributed by atoms with Crippen LogP contribution in [0.3, 0.4) is 0 Å². The third-order valence-electron chi connectivity index (χ3n) is 3.31. The first-order valence-electron chi connectivity index (χ1n) is 7.38. The van der Waals surface area contributed by atoms with E-state index >= 15 is 0 Å². The zero-order valence-corrected chi connectivity index (χ0v) is 16.2. The molecule has 0 fully saturated rings. The van der Waals surface area contributed by atoms with Gasteiger partial charge in [-0.1, -0.05) is 46.4 Å². The number of imidazole rings is 1. The van der Waals surface area contributed by atoms with Crippen LogP contribution >= 0.6 is 46.4 Å². The van der Waals surface area contributed by atoms with E-state index in [0.29, 0.717) is 37.2 Å². The van der Waals surface area contributed by atoms with Crippen molar-refractivity contribution in [3.05, 3.63) is 80.8 Å². The molecule has 4 nitrogen and oxygen atoms in total. The van der Waals surface area contributed by atoms with Crippen molar-refractivity contribution >= 4 is 58.4 Å². The lowest BCUT2D eigenvalue weighted by Crippen LogP contribution is -2.04. The summed E-state index contributed by atoms with van der Waals surface area (Å²) in [7, 11) is 0. The Morgan fingerprint density at radius 1 is 1.00 bits per heavy atom. The summed E-state index contributed by atoms with van der Waals surface area (Å²) < 4.78 is 13.1. The summed E-state index contributed by atoms with van der Waals surface area (Å²) in [6.07, 6.45) is 6.78. The highest BCUT2D eigenvalue weighted by Gasteiger charge is 2.11. The molecule has 0 saturated heterocycles. The third-order valence-corrected chi connectivity index (χ3v) is 4.39. The number of nitrogens with zero attached hydrogens (tertiary/aromatic N) is 2. The van der Waals surface area contributed by atoms with Crippen LogP contribution in [0.1, 0.15) is 5.56 Å². The lowest BCUT2D eigenvalue weighted by Gasteiger charge is -2.14. The highest BCUT2D eigenvalue weighted by molar-refractivity contribution is 6.36. The minimum atomic E-state index is -0.0825. The zero-order valence-electron chi connectivity index (χ0n) is 13.2. The number of benzene rings is 2. The van der Waals surface area contributed by atoms with Crippen LogP contribution in [0.15, 0.2) is 55.1 Å². The first kappa shape index (κ1) is 18.9. The fourth-order valence-electron chi connectivity index (χ4n) is 2.10. The van der Waals surface area contributed by atoms with E-state index in [2.05, 4.69) is 4.98 Å². The Kier molecular flexibility index (Phi) is 6.33. The number of hydrogen-bond donors (Lipinski definition) is 0. The molecule has 0 radical (unpaired) electrons. The van der Waals surface area contributed by atoms with E-state index in [1.165, 1.54) is 0 Å². The SMILES string of the molecule is Clc1ccc(OCO/C(=C/n2ccnc2)c2ccc(Cl)cc2Cl)c(Cl)c1. The minimum Gasteiger partial charge on any atom is -0.456 e. The molecule has 0 amide bonds. The second-order valence-corrected chi connectivity index (χ2v) is 6.80. The van der Waals surface area contributed by atoms with Crippen molar-refractivity contribution in [2.45, 2.75) is 0 Å². The molecule has 0 N–H and O–H groups in total. The van der Waals surface area contributed by atoms with Crippen LogP contribution < -0.4 is 4.74 Å². The number of ether oxygens (including phenoxy) is 2. The standard InChI is InChI=1S/C18H12Cl4N2O2/c19-12-1-3-14(15(21)7-12)18(9-24-6-5-23-10-24)26-11-25-17-4-2-13(20)8-16(17)22/h1-10H,11H2/b18-9+. The van der Waals surface area contributed by atoms with E-state index in [-0.39, 0.29) is 6.79 Å². The number of rotatable bonds is 6. The number of halogens is 4. The third kappa shape index (κ3) is 4.86. The average Bonchev–Trinajstić information content (AvgIpc) is 3.09. The van der Waals surface area contributed by atoms with Gasteiger partial charge in [-0.3, -0.25) is 0 Å². The predicted octanol–water partition coefficient (Wildman–Crippen LogP) is 6.51. The number of aromatic nitrogens is 2. The van der Waals surface area contributed by atoms with Crippen LogP contribution in [0.2, 0.25) is 20.1 Å². The summed E-state index contributed by atoms with van der Waals surface area (Å²) in [6.45, 7) is -0.0825. The van der Waals surface area contributed by atoms with Crippen LogP contribution in [-0.2, 0) is 4.74 Å². The molecule has 0 bridgehead atoms. The second-order valence-electron chi connectivity index (χ2n) is 5.11. The predicted molar refractivity (Wildman–Crippen MR) is 106 cm³/mol. The van der Waals surface area contributed by atoms with Gasteiger partial charge in [-0.05, 0) is 36.4 Å². The highest BCUT2D eigenvalue weighted by atomic mass is 35.5. The van der Waals surface area contributed by atoms with Gasteiger partial charge in [0.25, 0.3) is 0 Å². The highest BCUT2D eigenvalue weighted by Crippen LogP contribution is 2.30. The molecule has 0 saturated carbocycles. The van der Waals surface area contributed by atoms with Crippen LogP contribution in [0.4, 0.5) is 0 Å². The van der Waals surface area contributed by atoms with Gasteiger partial charge < -0.3 is 14.0 Å². The van der Waals surface area contributed by atoms with E-state index < -0.39 is 0 Å². The Balaban J connectivity index is 1.80. The van der Waals surface area contributed by atoms with Gasteiger partial charge in [0.05, 0.1) is 22.6 Å². The lowest BCUT2D eigenvalue weighted by atomic mass is 10.2. The lowest BCUT2D eigenvalue weighted by molar-refractivity contribution is 0.0960. The maximum absolute atomic E-state index is 6.30. The normalized spacial score (nSPS) is 11.5. The van der Waals surface area contributed by atoms with E-state index in [1.54, 1.807) is 65.9 Å². The molecule has 0 aliphatic rings. The Morgan fingerprint density at radius 2 is 1.73 bits per heavy atom. The van der Waals surface area contributed by atoms with E-state index in [4.69, 9.17) is 55.9 Å². The Bertz CT molecular complexity index is 927. The van der Waals surface area contributed by atoms with Gasteiger partial charge in [0, 0.05) is 28.0 Å². The first-order chi connectivity index (χ1) is 12.5. The molecule has 3 rings (SSSR count). The molecule has 134 valence electrons. The van der Waals surface area contributed by atoms with Gasteiger partial charge in [0.2, 0.25) is 6.79 Å². The Hall–Kier alpha value is -1.85. The van der Waals surface area contributed by atoms with E-state index in [1.807, 2.05) is 0 Å². The van der Waals surface area contributed by atoms with Crippen molar-refractivity contribution in [3.63, 3.8) is 0 Å². The molecule has 3 aromatic rings. The molecule has 0 atom stereocenters. The monoisotopic (exact) mass is 428 g/mol. The van der Waals surface area contributed by atoms with Crippen LogP contribution in [-0.4, -0.2) is 16.3 Å². The summed E-state index contributed by atoms with van der Waals surface area (Å²) in [5, 5.41) is 1.90. The van der Waals surface area contributed by atoms with Crippen molar-refractivity contribution in [1.29, 1.82) is 0 Å². The van der Waals surface area contributed by atoms with Gasteiger partial charge >= 0.3 is 0 Å². The molecule has 1 aromatic heterocycles. The fraction of sp³-hybridized carbons (Fsp3) is 0.0556. The maximum atomic E-state index is 6.30. The molecule has 0 aliphatic carbocycles. The van der Waals surface area contributed by atoms with Crippen molar-refractivity contribution in [2.75, 3.05) is 6.79 Å². The van der Waals surface area contributed by atoms with Gasteiger partial charge in [-0.2, -0.15) is 0 Å². The van der Waals surface area contributed by atoms with E-state index in [9.17, 15) is 0 Å². The van der Waals surface area contributed by atoms with Crippen LogP contribution in [0.25, 0.3) is 12.0 Å². The second kappa shape index (κ2) is 8.69. The molecule has 8 heteroatoms. The average molecular weight is 430 g/mol. The molecular weight excluding hydrogens is 418 g/mol. The Morgan fingerprint density at radius 3 is 2.38 bits per heavy atom. The molecule has 0 aliphatic heterocycles. The number of hydrogen-bond acceptors (Lipinski definition) is 3. The summed E-state index contributed by atoms with van der Waals surface area (Å²) in [4.78, 5) is 4.00. The van der Waals surface area contributed by atoms with Crippen LogP contribution in [0.5, 0.6) is 5.75 Å². The summed E-state index contributed by atoms with van der Waals surface area (Å²) in [6, 6.07) is 10.1. The van der Waals surface area contributed by atoms with Gasteiger partial charge in [-0.25, -0.2) is 4.98 Å². The van der Waals surface area contributed by atoms with Crippen molar-refractivity contribution < 1.29 is 9.47 Å². The molecule has 2 aromatic carbocycles. The van der Waals surface area contributed by atoms with Crippen molar-refractivity contribution in [3.8, 4) is 5.75 Å². The molecule has 26 heavy (non-hydrogen) atoms. The molecule has 0 unspecified atom stereocenters. The quantitative estimate of drug-likeness (QED) is 0.331. The Labute approximate surface area is 170 Å². The van der Waals surface area contributed by atoms with Crippen molar-refractivity contribution in [2.24, 2.45) is 0 Å². The van der Waals surface area contributed by atoms with Crippen LogP contribution in [0, 0.1) is 0 Å². The topological polar surface area (TPSA) is 36.3 Å². The first-order valence-corrected chi connectivity index (χ1v) is 8.89. The zero-order chi connectivity index (χ0) is 18.5. The maximum Gasteiger partial charge on any atom is 0.231 e. The van der Waals surface area contributed by atoms with Crippen molar-refractivity contribution in [1.82, 2.24) is 9.55 Å². The van der Waals surface area contributed by atoms with E-state index in [0.717, 1.165) is 0 Å². The molecule has 0 spiro atoms. The fourth-order valence-corrected chi connectivity index (χ4v) is 3.07. The van der Waals surface area contributed by atoms with Gasteiger partial charge in [0.15, 0.2) is 0 Å². The molecule has 1 heterocycles. The van der Waals surface area contributed by atoms with Gasteiger partial charge in [-0.15, -0.1) is 0 Å². The summed E-state index contributed by atoms with van der Waals surface area (Å²) in [5.41, 5.74) is 0.663. The largest absolute Gasteiger partial charge is 0.456 e. The minimum absolute atomic E-state index is 0.0825. The molecular formula is C18H12Cl4N2O2. The van der Waals surface area contributed by atoms with Gasteiger partial charge in [0.1, 0.15) is 11.5 Å².